The molecule has 0 atom stereocenters. The van der Waals surface area contributed by atoms with Gasteiger partial charge in [0.1, 0.15) is 0 Å². The Bertz CT molecular complexity index is 116. The summed E-state index contributed by atoms with van der Waals surface area (Å²) in [5.74, 6) is 0.983. The summed E-state index contributed by atoms with van der Waals surface area (Å²) in [6, 6.07) is 0. The van der Waals surface area contributed by atoms with Crippen molar-refractivity contribution in [2.45, 2.75) is 32.1 Å². The molecule has 0 amide bonds. The Morgan fingerprint density at radius 3 is 2.60 bits per heavy atom. The van der Waals surface area contributed by atoms with E-state index in [0.29, 0.717) is 0 Å². The molecular formula is C10H16. The third-order valence-corrected chi connectivity index (χ3v) is 2.22. The Balaban J connectivity index is 2.12. The van der Waals surface area contributed by atoms with Gasteiger partial charge < -0.3 is 0 Å². The average Bonchev–Trinajstić information content (AvgIpc) is 2.41. The van der Waals surface area contributed by atoms with Crippen molar-refractivity contribution in [3.05, 3.63) is 24.8 Å². The van der Waals surface area contributed by atoms with Crippen molar-refractivity contribution < 1.29 is 0 Å². The zero-order valence-corrected chi connectivity index (χ0v) is 6.55. The second kappa shape index (κ2) is 4.32. The molecule has 0 heterocycles. The fourth-order valence-electron chi connectivity index (χ4n) is 1.61. The highest BCUT2D eigenvalue weighted by Crippen LogP contribution is 2.27. The van der Waals surface area contributed by atoms with Crippen LogP contribution in [0.3, 0.4) is 0 Å². The molecule has 10 heavy (non-hydrogen) atoms. The summed E-state index contributed by atoms with van der Waals surface area (Å²) in [7, 11) is 0. The van der Waals surface area contributed by atoms with Gasteiger partial charge in [-0.3, -0.25) is 0 Å². The van der Waals surface area contributed by atoms with Crippen LogP contribution < -0.4 is 0 Å². The SMILES string of the molecule is C=CC=CCC1CCCC1. The summed E-state index contributed by atoms with van der Waals surface area (Å²) < 4.78 is 0. The summed E-state index contributed by atoms with van der Waals surface area (Å²) in [6.07, 6.45) is 13.2. The fraction of sp³-hybridized carbons (Fsp3) is 0.600. The van der Waals surface area contributed by atoms with Crippen molar-refractivity contribution in [2.24, 2.45) is 5.92 Å². The van der Waals surface area contributed by atoms with Gasteiger partial charge in [-0.25, -0.2) is 0 Å². The number of hydrogen-bond acceptors (Lipinski definition) is 0. The summed E-state index contributed by atoms with van der Waals surface area (Å²) in [5, 5.41) is 0. The van der Waals surface area contributed by atoms with Crippen LogP contribution in [-0.4, -0.2) is 0 Å². The second-order valence-corrected chi connectivity index (χ2v) is 3.05. The minimum Gasteiger partial charge on any atom is -0.0991 e. The molecule has 1 fully saturated rings. The highest BCUT2D eigenvalue weighted by molar-refractivity contribution is 4.97. The minimum atomic E-state index is 0.983. The van der Waals surface area contributed by atoms with E-state index in [4.69, 9.17) is 0 Å². The molecule has 0 N–H and O–H groups in total. The molecule has 1 rings (SSSR count). The average molecular weight is 136 g/mol. The van der Waals surface area contributed by atoms with Crippen molar-refractivity contribution >= 4 is 0 Å². The molecule has 1 aliphatic carbocycles. The monoisotopic (exact) mass is 136 g/mol. The van der Waals surface area contributed by atoms with Crippen LogP contribution in [0.4, 0.5) is 0 Å². The molecule has 0 radical (unpaired) electrons. The Kier molecular flexibility index (Phi) is 3.28. The molecule has 0 saturated heterocycles. The van der Waals surface area contributed by atoms with E-state index in [9.17, 15) is 0 Å². The van der Waals surface area contributed by atoms with Crippen LogP contribution >= 0.6 is 0 Å². The van der Waals surface area contributed by atoms with Gasteiger partial charge in [-0.2, -0.15) is 0 Å². The lowest BCUT2D eigenvalue weighted by Gasteiger charge is -2.01. The van der Waals surface area contributed by atoms with Gasteiger partial charge in [0.15, 0.2) is 0 Å². The molecule has 0 nitrogen and oxygen atoms in total. The topological polar surface area (TPSA) is 0 Å². The fourth-order valence-corrected chi connectivity index (χ4v) is 1.61. The van der Waals surface area contributed by atoms with E-state index in [1.54, 1.807) is 0 Å². The predicted octanol–water partition coefficient (Wildman–Crippen LogP) is 3.31. The largest absolute Gasteiger partial charge is 0.0991 e. The molecule has 0 aromatic heterocycles. The number of rotatable bonds is 3. The van der Waals surface area contributed by atoms with Gasteiger partial charge in [0.05, 0.1) is 0 Å². The number of allylic oxidation sites excluding steroid dienone is 3. The van der Waals surface area contributed by atoms with Crippen molar-refractivity contribution in [2.75, 3.05) is 0 Å². The Hall–Kier alpha value is -0.520. The zero-order valence-electron chi connectivity index (χ0n) is 6.55. The van der Waals surface area contributed by atoms with Crippen LogP contribution in [0.25, 0.3) is 0 Å². The van der Waals surface area contributed by atoms with E-state index in [-0.39, 0.29) is 0 Å². The Morgan fingerprint density at radius 1 is 1.30 bits per heavy atom. The first kappa shape index (κ1) is 7.59. The third-order valence-electron chi connectivity index (χ3n) is 2.22. The molecule has 56 valence electrons. The minimum absolute atomic E-state index is 0.983. The maximum atomic E-state index is 3.64. The lowest BCUT2D eigenvalue weighted by Crippen LogP contribution is -1.88. The first-order valence-electron chi connectivity index (χ1n) is 4.21. The van der Waals surface area contributed by atoms with Gasteiger partial charge in [-0.05, 0) is 12.3 Å². The van der Waals surface area contributed by atoms with E-state index in [1.807, 2.05) is 6.08 Å². The van der Waals surface area contributed by atoms with Gasteiger partial charge in [0.2, 0.25) is 0 Å². The Morgan fingerprint density at radius 2 is 2.00 bits per heavy atom. The van der Waals surface area contributed by atoms with Crippen molar-refractivity contribution in [3.8, 4) is 0 Å². The third kappa shape index (κ3) is 2.38. The van der Waals surface area contributed by atoms with Crippen molar-refractivity contribution in [1.82, 2.24) is 0 Å². The van der Waals surface area contributed by atoms with E-state index in [0.717, 1.165) is 5.92 Å². The quantitative estimate of drug-likeness (QED) is 0.522. The highest BCUT2D eigenvalue weighted by Gasteiger charge is 2.12. The first-order valence-corrected chi connectivity index (χ1v) is 4.21. The molecule has 0 heteroatoms. The first-order chi connectivity index (χ1) is 4.93. The van der Waals surface area contributed by atoms with Crippen LogP contribution in [0.15, 0.2) is 24.8 Å². The van der Waals surface area contributed by atoms with Crippen molar-refractivity contribution in [1.29, 1.82) is 0 Å². The van der Waals surface area contributed by atoms with E-state index in [1.165, 1.54) is 32.1 Å². The van der Waals surface area contributed by atoms with Gasteiger partial charge in [0, 0.05) is 0 Å². The van der Waals surface area contributed by atoms with Crippen LogP contribution in [0.5, 0.6) is 0 Å². The molecule has 0 aliphatic heterocycles. The van der Waals surface area contributed by atoms with Crippen LogP contribution in [-0.2, 0) is 0 Å². The smallest absolute Gasteiger partial charge is 0.0319 e. The molecule has 0 bridgehead atoms. The van der Waals surface area contributed by atoms with E-state index in [2.05, 4.69) is 18.7 Å². The Labute approximate surface area is 63.6 Å². The van der Waals surface area contributed by atoms with Crippen LogP contribution in [0, 0.1) is 5.92 Å². The van der Waals surface area contributed by atoms with Gasteiger partial charge in [-0.1, -0.05) is 50.5 Å². The van der Waals surface area contributed by atoms with Gasteiger partial charge in [-0.15, -0.1) is 0 Å². The normalized spacial score (nSPS) is 20.4. The summed E-state index contributed by atoms with van der Waals surface area (Å²) in [6.45, 7) is 3.64. The van der Waals surface area contributed by atoms with Gasteiger partial charge >= 0.3 is 0 Å². The predicted molar refractivity (Wildman–Crippen MR) is 45.9 cm³/mol. The molecule has 0 unspecified atom stereocenters. The summed E-state index contributed by atoms with van der Waals surface area (Å²) in [5.41, 5.74) is 0. The second-order valence-electron chi connectivity index (χ2n) is 3.05. The molecule has 1 aliphatic rings. The van der Waals surface area contributed by atoms with Crippen LogP contribution in [0.2, 0.25) is 0 Å². The van der Waals surface area contributed by atoms with E-state index >= 15 is 0 Å². The van der Waals surface area contributed by atoms with E-state index < -0.39 is 0 Å². The molecular weight excluding hydrogens is 120 g/mol. The molecule has 0 spiro atoms. The maximum Gasteiger partial charge on any atom is -0.0319 e. The zero-order chi connectivity index (χ0) is 7.23. The number of hydrogen-bond donors (Lipinski definition) is 0. The van der Waals surface area contributed by atoms with Crippen molar-refractivity contribution in [3.63, 3.8) is 0 Å². The summed E-state index contributed by atoms with van der Waals surface area (Å²) >= 11 is 0. The standard InChI is InChI=1S/C10H16/c1-2-3-4-7-10-8-5-6-9-10/h2-4,10H,1,5-9H2. The summed E-state index contributed by atoms with van der Waals surface area (Å²) in [4.78, 5) is 0. The van der Waals surface area contributed by atoms with Crippen LogP contribution in [0.1, 0.15) is 32.1 Å². The van der Waals surface area contributed by atoms with Gasteiger partial charge in [0.25, 0.3) is 0 Å². The maximum absolute atomic E-state index is 3.64. The lowest BCUT2D eigenvalue weighted by atomic mass is 10.0. The molecule has 1 saturated carbocycles. The lowest BCUT2D eigenvalue weighted by molar-refractivity contribution is 0.558. The highest BCUT2D eigenvalue weighted by atomic mass is 14.2. The molecule has 0 aromatic carbocycles. The molecule has 0 aromatic rings.